The Morgan fingerprint density at radius 2 is 1.57 bits per heavy atom. The first-order valence-electron chi connectivity index (χ1n) is 7.67. The molecule has 0 bridgehead atoms. The molecule has 0 radical (unpaired) electrons. The molecule has 2 aromatic rings. The van der Waals surface area contributed by atoms with Crippen molar-refractivity contribution in [3.8, 4) is 0 Å². The molecule has 0 N–H and O–H groups in total. The summed E-state index contributed by atoms with van der Waals surface area (Å²) in [5.41, 5.74) is 5.44. The Hall–Kier alpha value is -2.08. The van der Waals surface area contributed by atoms with E-state index < -0.39 is 0 Å². The van der Waals surface area contributed by atoms with Gasteiger partial charge in [-0.15, -0.1) is 0 Å². The second kappa shape index (κ2) is 9.77. The standard InChI is InChI=1S/C13H18.C8H8/c1-4-8-13-11(5-2)9-7-10-12(13)6-3;1-2-8-6-4-3-5-7-8/h5,7,9-10H,2,4,6,8H2,1,3H3;2-7H,1H2. The van der Waals surface area contributed by atoms with Crippen molar-refractivity contribution >= 4 is 12.2 Å². The maximum Gasteiger partial charge on any atom is -0.0228 e. The van der Waals surface area contributed by atoms with E-state index in [2.05, 4.69) is 45.2 Å². The van der Waals surface area contributed by atoms with E-state index in [0.29, 0.717) is 0 Å². The van der Waals surface area contributed by atoms with E-state index in [-0.39, 0.29) is 0 Å². The fourth-order valence-corrected chi connectivity index (χ4v) is 2.32. The molecule has 0 aliphatic heterocycles. The van der Waals surface area contributed by atoms with Crippen molar-refractivity contribution in [2.75, 3.05) is 0 Å². The smallest absolute Gasteiger partial charge is 0.0228 e. The molecule has 2 aromatic carbocycles. The van der Waals surface area contributed by atoms with E-state index in [1.54, 1.807) is 0 Å². The zero-order valence-electron chi connectivity index (χ0n) is 13.3. The van der Waals surface area contributed by atoms with Crippen molar-refractivity contribution in [2.45, 2.75) is 33.1 Å². The predicted molar refractivity (Wildman–Crippen MR) is 96.4 cm³/mol. The normalized spacial score (nSPS) is 9.43. The number of hydrogen-bond donors (Lipinski definition) is 0. The van der Waals surface area contributed by atoms with Crippen LogP contribution in [0.15, 0.2) is 61.7 Å². The van der Waals surface area contributed by atoms with Crippen LogP contribution in [0.4, 0.5) is 0 Å². The van der Waals surface area contributed by atoms with Gasteiger partial charge in [-0.2, -0.15) is 0 Å². The molecule has 0 aliphatic rings. The van der Waals surface area contributed by atoms with Gasteiger partial charge in [0.1, 0.15) is 0 Å². The summed E-state index contributed by atoms with van der Waals surface area (Å²) in [5.74, 6) is 0. The van der Waals surface area contributed by atoms with Crippen LogP contribution in [0, 0.1) is 0 Å². The van der Waals surface area contributed by atoms with E-state index in [1.165, 1.54) is 35.1 Å². The quantitative estimate of drug-likeness (QED) is 0.613. The minimum atomic E-state index is 1.12. The van der Waals surface area contributed by atoms with Gasteiger partial charge < -0.3 is 0 Å². The van der Waals surface area contributed by atoms with Gasteiger partial charge in [0.05, 0.1) is 0 Å². The van der Waals surface area contributed by atoms with Gasteiger partial charge in [-0.25, -0.2) is 0 Å². The van der Waals surface area contributed by atoms with Crippen LogP contribution in [0.3, 0.4) is 0 Å². The molecule has 0 heterocycles. The topological polar surface area (TPSA) is 0 Å². The maximum absolute atomic E-state index is 3.85. The lowest BCUT2D eigenvalue weighted by atomic mass is 9.96. The van der Waals surface area contributed by atoms with Crippen LogP contribution in [0.5, 0.6) is 0 Å². The molecule has 2 rings (SSSR count). The summed E-state index contributed by atoms with van der Waals surface area (Å²) in [6, 6.07) is 16.5. The third-order valence-corrected chi connectivity index (χ3v) is 3.45. The number of benzene rings is 2. The summed E-state index contributed by atoms with van der Waals surface area (Å²) in [5, 5.41) is 0. The summed E-state index contributed by atoms with van der Waals surface area (Å²) in [6.45, 7) is 11.9. The molecule has 0 amide bonds. The number of rotatable bonds is 5. The van der Waals surface area contributed by atoms with Crippen molar-refractivity contribution in [1.29, 1.82) is 0 Å². The van der Waals surface area contributed by atoms with Crippen LogP contribution in [0.2, 0.25) is 0 Å². The molecule has 0 saturated carbocycles. The van der Waals surface area contributed by atoms with Crippen LogP contribution < -0.4 is 0 Å². The lowest BCUT2D eigenvalue weighted by molar-refractivity contribution is 0.897. The van der Waals surface area contributed by atoms with Crippen LogP contribution >= 0.6 is 0 Å². The summed E-state index contributed by atoms with van der Waals surface area (Å²) in [7, 11) is 0. The van der Waals surface area contributed by atoms with Gasteiger partial charge in [-0.05, 0) is 35.1 Å². The summed E-state index contributed by atoms with van der Waals surface area (Å²) < 4.78 is 0. The summed E-state index contributed by atoms with van der Waals surface area (Å²) in [6.07, 6.45) is 7.30. The zero-order valence-corrected chi connectivity index (χ0v) is 13.3. The van der Waals surface area contributed by atoms with Crippen molar-refractivity contribution < 1.29 is 0 Å². The minimum Gasteiger partial charge on any atom is -0.0985 e. The van der Waals surface area contributed by atoms with Crippen molar-refractivity contribution in [1.82, 2.24) is 0 Å². The number of hydrogen-bond acceptors (Lipinski definition) is 0. The summed E-state index contributed by atoms with van der Waals surface area (Å²) in [4.78, 5) is 0. The molecular weight excluding hydrogens is 252 g/mol. The highest BCUT2D eigenvalue weighted by atomic mass is 14.1. The lowest BCUT2D eigenvalue weighted by Gasteiger charge is -2.10. The highest BCUT2D eigenvalue weighted by molar-refractivity contribution is 5.54. The van der Waals surface area contributed by atoms with Gasteiger partial charge in [0, 0.05) is 0 Å². The van der Waals surface area contributed by atoms with Crippen LogP contribution in [-0.2, 0) is 12.8 Å². The van der Waals surface area contributed by atoms with Crippen LogP contribution in [-0.4, -0.2) is 0 Å². The van der Waals surface area contributed by atoms with Gasteiger partial charge in [0.15, 0.2) is 0 Å². The van der Waals surface area contributed by atoms with Crippen molar-refractivity contribution in [3.63, 3.8) is 0 Å². The SMILES string of the molecule is C=Cc1cccc(CC)c1CCC.C=Cc1ccccc1. The van der Waals surface area contributed by atoms with Gasteiger partial charge >= 0.3 is 0 Å². The maximum atomic E-state index is 3.85. The molecule has 110 valence electrons. The monoisotopic (exact) mass is 278 g/mol. The van der Waals surface area contributed by atoms with Crippen molar-refractivity contribution in [3.05, 3.63) is 83.9 Å². The lowest BCUT2D eigenvalue weighted by Crippen LogP contribution is -1.95. The summed E-state index contributed by atoms with van der Waals surface area (Å²) >= 11 is 0. The predicted octanol–water partition coefficient (Wildman–Crippen LogP) is 6.17. The Morgan fingerprint density at radius 3 is 2.05 bits per heavy atom. The number of aryl methyl sites for hydroxylation is 1. The minimum absolute atomic E-state index is 1.12. The molecule has 0 atom stereocenters. The molecule has 21 heavy (non-hydrogen) atoms. The average Bonchev–Trinajstić information content (AvgIpc) is 2.56. The van der Waals surface area contributed by atoms with Gasteiger partial charge in [-0.3, -0.25) is 0 Å². The van der Waals surface area contributed by atoms with Crippen LogP contribution in [0.25, 0.3) is 12.2 Å². The highest BCUT2D eigenvalue weighted by Gasteiger charge is 2.02. The molecular formula is C21H26. The molecule has 0 heteroatoms. The first-order valence-corrected chi connectivity index (χ1v) is 7.67. The van der Waals surface area contributed by atoms with E-state index in [0.717, 1.165) is 6.42 Å². The second-order valence-electron chi connectivity index (χ2n) is 4.91. The first kappa shape index (κ1) is 17.0. The molecule has 0 unspecified atom stereocenters. The highest BCUT2D eigenvalue weighted by Crippen LogP contribution is 2.18. The molecule has 0 fully saturated rings. The first-order chi connectivity index (χ1) is 10.3. The van der Waals surface area contributed by atoms with Crippen molar-refractivity contribution in [2.24, 2.45) is 0 Å². The van der Waals surface area contributed by atoms with Crippen LogP contribution in [0.1, 0.15) is 42.5 Å². The second-order valence-corrected chi connectivity index (χ2v) is 4.91. The molecule has 0 spiro atoms. The molecule has 0 aromatic heterocycles. The van der Waals surface area contributed by atoms with E-state index in [9.17, 15) is 0 Å². The Balaban J connectivity index is 0.000000235. The average molecular weight is 278 g/mol. The zero-order chi connectivity index (χ0) is 15.5. The molecule has 0 aliphatic carbocycles. The van der Waals surface area contributed by atoms with Gasteiger partial charge in [-0.1, -0.05) is 94.1 Å². The van der Waals surface area contributed by atoms with E-state index in [1.807, 2.05) is 42.5 Å². The third kappa shape index (κ3) is 5.43. The molecule has 0 nitrogen and oxygen atoms in total. The Kier molecular flexibility index (Phi) is 7.89. The van der Waals surface area contributed by atoms with Gasteiger partial charge in [0.25, 0.3) is 0 Å². The Labute approximate surface area is 129 Å². The molecule has 0 saturated heterocycles. The fraction of sp³-hybridized carbons (Fsp3) is 0.238. The Morgan fingerprint density at radius 1 is 0.857 bits per heavy atom. The van der Waals surface area contributed by atoms with Gasteiger partial charge in [0.2, 0.25) is 0 Å². The van der Waals surface area contributed by atoms with E-state index >= 15 is 0 Å². The largest absolute Gasteiger partial charge is 0.0985 e. The third-order valence-electron chi connectivity index (χ3n) is 3.45. The Bertz CT molecular complexity index is 550. The fourth-order valence-electron chi connectivity index (χ4n) is 2.32. The van der Waals surface area contributed by atoms with E-state index in [4.69, 9.17) is 0 Å².